The maximum atomic E-state index is 12.5. The summed E-state index contributed by atoms with van der Waals surface area (Å²) in [4.78, 5) is 26.9. The largest absolute Gasteiger partial charge is 0.322 e. The van der Waals surface area contributed by atoms with E-state index in [4.69, 9.17) is 11.6 Å². The molecule has 3 aromatic rings. The molecule has 0 aromatic heterocycles. The minimum absolute atomic E-state index is 0.0849. The summed E-state index contributed by atoms with van der Waals surface area (Å²) in [7, 11) is 0. The number of hydrogen-bond donors (Lipinski definition) is 1. The van der Waals surface area contributed by atoms with Gasteiger partial charge in [0.25, 0.3) is 5.91 Å². The summed E-state index contributed by atoms with van der Waals surface area (Å²) >= 11 is 7.71. The quantitative estimate of drug-likeness (QED) is 0.539. The van der Waals surface area contributed by atoms with Crippen molar-refractivity contribution in [2.24, 2.45) is 0 Å². The highest BCUT2D eigenvalue weighted by molar-refractivity contribution is 8.00. The molecule has 1 aliphatic rings. The van der Waals surface area contributed by atoms with E-state index < -0.39 is 0 Å². The van der Waals surface area contributed by atoms with Crippen molar-refractivity contribution in [1.82, 2.24) is 0 Å². The number of nitrogens with zero attached hydrogens (tertiary/aromatic N) is 1. The van der Waals surface area contributed by atoms with Gasteiger partial charge in [0.15, 0.2) is 0 Å². The topological polar surface area (TPSA) is 49.4 Å². The number of amides is 2. The van der Waals surface area contributed by atoms with Crippen molar-refractivity contribution in [1.29, 1.82) is 0 Å². The van der Waals surface area contributed by atoms with E-state index in [1.807, 2.05) is 41.3 Å². The number of anilines is 2. The third-order valence-electron chi connectivity index (χ3n) is 5.06. The van der Waals surface area contributed by atoms with Gasteiger partial charge in [-0.15, -0.1) is 11.8 Å². The van der Waals surface area contributed by atoms with Crippen molar-refractivity contribution in [2.45, 2.75) is 18.7 Å². The monoisotopic (exact) mass is 436 g/mol. The molecule has 6 heteroatoms. The zero-order valence-corrected chi connectivity index (χ0v) is 18.0. The number of benzene rings is 3. The smallest absolute Gasteiger partial charge is 0.257 e. The molecule has 0 bridgehead atoms. The van der Waals surface area contributed by atoms with Crippen LogP contribution in [0, 0.1) is 0 Å². The molecule has 1 saturated heterocycles. The Labute approximate surface area is 185 Å². The number of hydrogen-bond acceptors (Lipinski definition) is 3. The first-order valence-corrected chi connectivity index (χ1v) is 11.2. The first-order valence-electron chi connectivity index (χ1n) is 9.75. The molecule has 3 aromatic carbocycles. The van der Waals surface area contributed by atoms with Gasteiger partial charge in [0.1, 0.15) is 5.37 Å². The molecular weight excluding hydrogens is 416 g/mol. The molecule has 152 valence electrons. The number of carbonyl (C=O) groups is 2. The third kappa shape index (κ3) is 4.23. The van der Waals surface area contributed by atoms with E-state index in [2.05, 4.69) is 24.4 Å². The molecule has 1 fully saturated rings. The summed E-state index contributed by atoms with van der Waals surface area (Å²) in [5.41, 5.74) is 4.27. The molecule has 0 radical (unpaired) electrons. The summed E-state index contributed by atoms with van der Waals surface area (Å²) < 4.78 is 0. The Bertz CT molecular complexity index is 1070. The Kier molecular flexibility index (Phi) is 6.11. The number of carbonyl (C=O) groups excluding carboxylic acids is 2. The van der Waals surface area contributed by atoms with E-state index >= 15 is 0 Å². The molecular formula is C24H21ClN2O2S. The van der Waals surface area contributed by atoms with Crippen LogP contribution in [0.1, 0.15) is 33.8 Å². The van der Waals surface area contributed by atoms with Gasteiger partial charge in [-0.1, -0.05) is 54.9 Å². The highest BCUT2D eigenvalue weighted by Gasteiger charge is 2.33. The van der Waals surface area contributed by atoms with Crippen LogP contribution in [0.25, 0.3) is 0 Å². The van der Waals surface area contributed by atoms with Crippen LogP contribution in [0.2, 0.25) is 5.02 Å². The Morgan fingerprint density at radius 1 is 1.07 bits per heavy atom. The molecule has 0 saturated carbocycles. The fraction of sp³-hybridized carbons (Fsp3) is 0.167. The highest BCUT2D eigenvalue weighted by Crippen LogP contribution is 2.42. The fourth-order valence-corrected chi connectivity index (χ4v) is 4.82. The Hall–Kier alpha value is -2.76. The second kappa shape index (κ2) is 8.94. The number of halogens is 1. The van der Waals surface area contributed by atoms with E-state index in [0.717, 1.165) is 17.7 Å². The second-order valence-electron chi connectivity index (χ2n) is 7.00. The predicted octanol–water partition coefficient (Wildman–Crippen LogP) is 5.93. The van der Waals surface area contributed by atoms with E-state index in [1.54, 1.807) is 36.0 Å². The molecule has 0 aliphatic carbocycles. The van der Waals surface area contributed by atoms with E-state index in [1.165, 1.54) is 5.56 Å². The van der Waals surface area contributed by atoms with Gasteiger partial charge in [0.2, 0.25) is 5.91 Å². The molecule has 1 atom stereocenters. The Morgan fingerprint density at radius 2 is 1.77 bits per heavy atom. The average molecular weight is 437 g/mol. The first kappa shape index (κ1) is 20.5. The van der Waals surface area contributed by atoms with Gasteiger partial charge in [-0.2, -0.15) is 0 Å². The number of rotatable bonds is 5. The van der Waals surface area contributed by atoms with E-state index in [0.29, 0.717) is 22.0 Å². The van der Waals surface area contributed by atoms with Crippen LogP contribution >= 0.6 is 23.4 Å². The number of aryl methyl sites for hydroxylation is 1. The van der Waals surface area contributed by atoms with E-state index in [9.17, 15) is 9.59 Å². The molecule has 4 rings (SSSR count). The van der Waals surface area contributed by atoms with Crippen LogP contribution in [0.5, 0.6) is 0 Å². The van der Waals surface area contributed by atoms with Crippen LogP contribution in [0.15, 0.2) is 72.8 Å². The SMILES string of the molecule is CCc1ccc(N2C(=O)CSC2c2ccc(NC(=O)c3ccccc3Cl)cc2)cc1. The Balaban J connectivity index is 1.52. The lowest BCUT2D eigenvalue weighted by molar-refractivity contribution is -0.115. The van der Waals surface area contributed by atoms with Crippen molar-refractivity contribution >= 4 is 46.6 Å². The van der Waals surface area contributed by atoms with Gasteiger partial charge in [0, 0.05) is 11.4 Å². The second-order valence-corrected chi connectivity index (χ2v) is 8.48. The Morgan fingerprint density at radius 3 is 2.43 bits per heavy atom. The molecule has 1 N–H and O–H groups in total. The van der Waals surface area contributed by atoms with Gasteiger partial charge in [-0.3, -0.25) is 14.5 Å². The van der Waals surface area contributed by atoms with Crippen molar-refractivity contribution in [3.05, 3.63) is 94.5 Å². The molecule has 30 heavy (non-hydrogen) atoms. The maximum absolute atomic E-state index is 12.5. The highest BCUT2D eigenvalue weighted by atomic mass is 35.5. The molecule has 1 heterocycles. The first-order chi connectivity index (χ1) is 14.6. The van der Waals surface area contributed by atoms with Crippen molar-refractivity contribution in [3.8, 4) is 0 Å². The summed E-state index contributed by atoms with van der Waals surface area (Å²) in [5, 5.41) is 3.20. The van der Waals surface area contributed by atoms with Crippen molar-refractivity contribution in [2.75, 3.05) is 16.0 Å². The maximum Gasteiger partial charge on any atom is 0.257 e. The van der Waals surface area contributed by atoms with Crippen LogP contribution in [-0.2, 0) is 11.2 Å². The van der Waals surface area contributed by atoms with Crippen LogP contribution in [0.4, 0.5) is 11.4 Å². The zero-order chi connectivity index (χ0) is 21.1. The lowest BCUT2D eigenvalue weighted by atomic mass is 10.1. The van der Waals surface area contributed by atoms with Crippen molar-refractivity contribution in [3.63, 3.8) is 0 Å². The minimum Gasteiger partial charge on any atom is -0.322 e. The lowest BCUT2D eigenvalue weighted by Gasteiger charge is -2.24. The molecule has 1 aliphatic heterocycles. The van der Waals surface area contributed by atoms with Gasteiger partial charge >= 0.3 is 0 Å². The van der Waals surface area contributed by atoms with Gasteiger partial charge in [0.05, 0.1) is 16.3 Å². The summed E-state index contributed by atoms with van der Waals surface area (Å²) in [6.07, 6.45) is 0.966. The zero-order valence-electron chi connectivity index (χ0n) is 16.5. The molecule has 0 spiro atoms. The van der Waals surface area contributed by atoms with Gasteiger partial charge in [-0.25, -0.2) is 0 Å². The van der Waals surface area contributed by atoms with Crippen molar-refractivity contribution < 1.29 is 9.59 Å². The normalized spacial score (nSPS) is 16.0. The number of nitrogens with one attached hydrogen (secondary N) is 1. The van der Waals surface area contributed by atoms with Gasteiger partial charge in [-0.05, 0) is 53.9 Å². The average Bonchev–Trinajstić information content (AvgIpc) is 3.16. The third-order valence-corrected chi connectivity index (χ3v) is 6.60. The summed E-state index contributed by atoms with van der Waals surface area (Å²) in [6, 6.07) is 22.7. The molecule has 1 unspecified atom stereocenters. The van der Waals surface area contributed by atoms with Crippen LogP contribution in [0.3, 0.4) is 0 Å². The number of thioether (sulfide) groups is 1. The molecule has 4 nitrogen and oxygen atoms in total. The standard InChI is InChI=1S/C24H21ClN2O2S/c1-2-16-7-13-19(14-8-16)27-22(28)15-30-24(27)17-9-11-18(12-10-17)26-23(29)20-5-3-4-6-21(20)25/h3-14,24H,2,15H2,1H3,(H,26,29). The predicted molar refractivity (Wildman–Crippen MR) is 124 cm³/mol. The van der Waals surface area contributed by atoms with Crippen LogP contribution < -0.4 is 10.2 Å². The van der Waals surface area contributed by atoms with E-state index in [-0.39, 0.29) is 17.2 Å². The lowest BCUT2D eigenvalue weighted by Crippen LogP contribution is -2.27. The molecule has 2 amide bonds. The summed E-state index contributed by atoms with van der Waals surface area (Å²) in [5.74, 6) is 0.298. The fourth-order valence-electron chi connectivity index (χ4n) is 3.42. The summed E-state index contributed by atoms with van der Waals surface area (Å²) in [6.45, 7) is 2.11. The van der Waals surface area contributed by atoms with Gasteiger partial charge < -0.3 is 5.32 Å². The minimum atomic E-state index is -0.253. The van der Waals surface area contributed by atoms with Crippen LogP contribution in [-0.4, -0.2) is 17.6 Å².